The van der Waals surface area contributed by atoms with Crippen molar-refractivity contribution in [2.24, 2.45) is 0 Å². The molecule has 1 saturated heterocycles. The molecule has 112 valence electrons. The van der Waals surface area contributed by atoms with Gasteiger partial charge in [0.1, 0.15) is 0 Å². The quantitative estimate of drug-likeness (QED) is 0.912. The van der Waals surface area contributed by atoms with Gasteiger partial charge >= 0.3 is 0 Å². The Bertz CT molecular complexity index is 591. The highest BCUT2D eigenvalue weighted by Crippen LogP contribution is 2.36. The zero-order valence-corrected chi connectivity index (χ0v) is 13.6. The van der Waals surface area contributed by atoms with Gasteiger partial charge in [-0.3, -0.25) is 0 Å². The highest BCUT2D eigenvalue weighted by Gasteiger charge is 2.22. The number of fused-ring (bicyclic) bond motifs is 1. The molecule has 21 heavy (non-hydrogen) atoms. The summed E-state index contributed by atoms with van der Waals surface area (Å²) in [6, 6.07) is 2.50. The van der Waals surface area contributed by atoms with Crippen molar-refractivity contribution in [2.45, 2.75) is 43.9 Å². The fourth-order valence-electron chi connectivity index (χ4n) is 2.98. The number of aromatic nitrogens is 2. The summed E-state index contributed by atoms with van der Waals surface area (Å²) >= 11 is 3.83. The highest BCUT2D eigenvalue weighted by atomic mass is 32.2. The maximum atomic E-state index is 5.52. The fraction of sp³-hybridized carbons (Fsp3) is 0.600. The number of nitrogens with one attached hydrogen (secondary N) is 1. The molecule has 0 bridgehead atoms. The third kappa shape index (κ3) is 2.89. The fourth-order valence-corrected chi connectivity index (χ4v) is 5.27. The van der Waals surface area contributed by atoms with Crippen LogP contribution in [0.4, 0.5) is 0 Å². The van der Waals surface area contributed by atoms with E-state index >= 15 is 0 Å². The largest absolute Gasteiger partial charge is 0.333 e. The first-order chi connectivity index (χ1) is 10.4. The van der Waals surface area contributed by atoms with Crippen LogP contribution in [0.3, 0.4) is 0 Å². The lowest BCUT2D eigenvalue weighted by molar-refractivity contribution is 0.403. The molecular formula is C15H19N3OS2. The predicted octanol–water partition coefficient (Wildman–Crippen LogP) is 3.79. The topological polar surface area (TPSA) is 51.0 Å². The molecule has 1 fully saturated rings. The average Bonchev–Trinajstić information content (AvgIpc) is 3.07. The summed E-state index contributed by atoms with van der Waals surface area (Å²) in [5.41, 5.74) is 1.46. The van der Waals surface area contributed by atoms with Crippen molar-refractivity contribution in [3.63, 3.8) is 0 Å². The lowest BCUT2D eigenvalue weighted by Gasteiger charge is -2.09. The Balaban J connectivity index is 1.57. The minimum atomic E-state index is 0.259. The summed E-state index contributed by atoms with van der Waals surface area (Å²) < 4.78 is 5.52. The van der Waals surface area contributed by atoms with Crippen LogP contribution in [-0.2, 0) is 12.2 Å². The molecule has 1 N–H and O–H groups in total. The second-order valence-electron chi connectivity index (χ2n) is 5.68. The lowest BCUT2D eigenvalue weighted by atomic mass is 10.1. The SMILES string of the molecule is c1c(-c2nc(C3CCCCCN3)no2)sc2c1CSCC2. The number of thiophene rings is 1. The summed E-state index contributed by atoms with van der Waals surface area (Å²) in [5.74, 6) is 3.87. The van der Waals surface area contributed by atoms with Gasteiger partial charge in [0.15, 0.2) is 5.82 Å². The van der Waals surface area contributed by atoms with E-state index in [1.54, 1.807) is 0 Å². The molecule has 2 aromatic heterocycles. The van der Waals surface area contributed by atoms with E-state index in [2.05, 4.69) is 21.5 Å². The number of rotatable bonds is 2. The molecule has 0 aliphatic carbocycles. The molecular weight excluding hydrogens is 302 g/mol. The Morgan fingerprint density at radius 3 is 3.24 bits per heavy atom. The van der Waals surface area contributed by atoms with Crippen LogP contribution >= 0.6 is 23.1 Å². The summed E-state index contributed by atoms with van der Waals surface area (Å²) in [5, 5.41) is 7.74. The maximum Gasteiger partial charge on any atom is 0.268 e. The second kappa shape index (κ2) is 6.10. The Morgan fingerprint density at radius 2 is 2.29 bits per heavy atom. The van der Waals surface area contributed by atoms with Crippen LogP contribution in [0, 0.1) is 0 Å². The van der Waals surface area contributed by atoms with Crippen molar-refractivity contribution >= 4 is 23.1 Å². The van der Waals surface area contributed by atoms with Gasteiger partial charge in [-0.2, -0.15) is 16.7 Å². The van der Waals surface area contributed by atoms with E-state index in [0.29, 0.717) is 5.89 Å². The number of hydrogen-bond acceptors (Lipinski definition) is 6. The van der Waals surface area contributed by atoms with Gasteiger partial charge in [0.05, 0.1) is 10.9 Å². The monoisotopic (exact) mass is 321 g/mol. The molecule has 4 heterocycles. The molecule has 1 atom stereocenters. The average molecular weight is 321 g/mol. The van der Waals surface area contributed by atoms with E-state index in [4.69, 9.17) is 4.52 Å². The van der Waals surface area contributed by atoms with Gasteiger partial charge < -0.3 is 9.84 Å². The molecule has 4 nitrogen and oxygen atoms in total. The first kappa shape index (κ1) is 13.8. The zero-order valence-electron chi connectivity index (χ0n) is 11.9. The van der Waals surface area contributed by atoms with Crippen LogP contribution in [-0.4, -0.2) is 22.4 Å². The molecule has 0 aromatic carbocycles. The van der Waals surface area contributed by atoms with Gasteiger partial charge in [0, 0.05) is 10.6 Å². The smallest absolute Gasteiger partial charge is 0.268 e. The van der Waals surface area contributed by atoms with E-state index < -0.39 is 0 Å². The number of aryl methyl sites for hydroxylation is 1. The molecule has 4 rings (SSSR count). The van der Waals surface area contributed by atoms with Crippen LogP contribution in [0.5, 0.6) is 0 Å². The minimum absolute atomic E-state index is 0.259. The Kier molecular flexibility index (Phi) is 4.01. The third-order valence-corrected chi connectivity index (χ3v) is 6.39. The van der Waals surface area contributed by atoms with Crippen LogP contribution < -0.4 is 5.32 Å². The first-order valence-corrected chi connectivity index (χ1v) is 9.64. The number of hydrogen-bond donors (Lipinski definition) is 1. The molecule has 0 radical (unpaired) electrons. The zero-order chi connectivity index (χ0) is 14.1. The van der Waals surface area contributed by atoms with Crippen molar-refractivity contribution in [1.29, 1.82) is 0 Å². The van der Waals surface area contributed by atoms with Crippen LogP contribution in [0.2, 0.25) is 0 Å². The molecule has 0 saturated carbocycles. The van der Waals surface area contributed by atoms with E-state index in [1.165, 1.54) is 41.9 Å². The van der Waals surface area contributed by atoms with Gasteiger partial charge in [0.25, 0.3) is 5.89 Å². The summed E-state index contributed by atoms with van der Waals surface area (Å²) in [6.07, 6.45) is 6.07. The standard InChI is InChI=1S/C15H19N3OS2/c1-2-4-11(16-6-3-1)14-17-15(19-18-14)13-8-10-9-20-7-5-12(10)21-13/h8,11,16H,1-7,9H2. The van der Waals surface area contributed by atoms with Crippen molar-refractivity contribution in [3.8, 4) is 10.8 Å². The first-order valence-electron chi connectivity index (χ1n) is 7.67. The van der Waals surface area contributed by atoms with Crippen LogP contribution in [0.15, 0.2) is 10.6 Å². The minimum Gasteiger partial charge on any atom is -0.333 e. The summed E-state index contributed by atoms with van der Waals surface area (Å²) in [6.45, 7) is 1.05. The molecule has 1 unspecified atom stereocenters. The Labute approximate surface area is 132 Å². The molecule has 6 heteroatoms. The predicted molar refractivity (Wildman–Crippen MR) is 86.7 cm³/mol. The number of thioether (sulfide) groups is 1. The highest BCUT2D eigenvalue weighted by molar-refractivity contribution is 7.98. The lowest BCUT2D eigenvalue weighted by Crippen LogP contribution is -2.21. The van der Waals surface area contributed by atoms with Crippen molar-refractivity contribution in [3.05, 3.63) is 22.3 Å². The molecule has 0 amide bonds. The van der Waals surface area contributed by atoms with E-state index in [0.717, 1.165) is 29.4 Å². The molecule has 2 aromatic rings. The molecule has 2 aliphatic heterocycles. The van der Waals surface area contributed by atoms with Gasteiger partial charge in [-0.1, -0.05) is 18.0 Å². The van der Waals surface area contributed by atoms with Crippen molar-refractivity contribution in [1.82, 2.24) is 15.5 Å². The van der Waals surface area contributed by atoms with Gasteiger partial charge in [0.2, 0.25) is 0 Å². The van der Waals surface area contributed by atoms with Crippen LogP contribution in [0.1, 0.15) is 48.0 Å². The third-order valence-electron chi connectivity index (χ3n) is 4.15. The molecule has 2 aliphatic rings. The van der Waals surface area contributed by atoms with Crippen LogP contribution in [0.25, 0.3) is 10.8 Å². The van der Waals surface area contributed by atoms with Crippen molar-refractivity contribution in [2.75, 3.05) is 12.3 Å². The van der Waals surface area contributed by atoms with E-state index in [1.807, 2.05) is 23.1 Å². The molecule has 0 spiro atoms. The van der Waals surface area contributed by atoms with Gasteiger partial charge in [-0.05, 0) is 43.2 Å². The second-order valence-corrected chi connectivity index (χ2v) is 7.92. The van der Waals surface area contributed by atoms with Gasteiger partial charge in [-0.15, -0.1) is 11.3 Å². The number of nitrogens with zero attached hydrogens (tertiary/aromatic N) is 2. The Morgan fingerprint density at radius 1 is 1.29 bits per heavy atom. The van der Waals surface area contributed by atoms with E-state index in [9.17, 15) is 0 Å². The Hall–Kier alpha value is -0.850. The maximum absolute atomic E-state index is 5.52. The van der Waals surface area contributed by atoms with Gasteiger partial charge in [-0.25, -0.2) is 0 Å². The van der Waals surface area contributed by atoms with E-state index in [-0.39, 0.29) is 6.04 Å². The summed E-state index contributed by atoms with van der Waals surface area (Å²) in [7, 11) is 0. The normalized spacial score (nSPS) is 22.8. The summed E-state index contributed by atoms with van der Waals surface area (Å²) in [4.78, 5) is 7.28. The van der Waals surface area contributed by atoms with Crippen molar-refractivity contribution < 1.29 is 4.52 Å².